The first kappa shape index (κ1) is 19.8. The SMILES string of the molecule is Cc1noc2nc(C(C)C)cc(C(=O)NCC3CCCOC3C(C)(C)C)c12. The quantitative estimate of drug-likeness (QED) is 0.868. The van der Waals surface area contributed by atoms with Gasteiger partial charge in [0.15, 0.2) is 0 Å². The highest BCUT2D eigenvalue weighted by Gasteiger charge is 2.35. The molecule has 0 radical (unpaired) electrons. The second-order valence-corrected chi connectivity index (χ2v) is 8.97. The zero-order chi connectivity index (χ0) is 19.8. The van der Waals surface area contributed by atoms with Crippen LogP contribution in [0.3, 0.4) is 0 Å². The standard InChI is InChI=1S/C21H31N3O3/c1-12(2)16-10-15(17-13(3)24-27-20(17)23-16)19(25)22-11-14-8-7-9-26-18(14)21(4,5)6/h10,12,14,18H,7-9,11H2,1-6H3,(H,22,25). The van der Waals surface area contributed by atoms with E-state index in [9.17, 15) is 4.79 Å². The van der Waals surface area contributed by atoms with Gasteiger partial charge in [-0.05, 0) is 37.2 Å². The van der Waals surface area contributed by atoms with E-state index in [0.29, 0.717) is 34.8 Å². The Labute approximate surface area is 161 Å². The Balaban J connectivity index is 1.82. The second kappa shape index (κ2) is 7.58. The molecule has 148 valence electrons. The molecule has 2 unspecified atom stereocenters. The van der Waals surface area contributed by atoms with Gasteiger partial charge >= 0.3 is 0 Å². The number of ether oxygens (including phenoxy) is 1. The molecule has 1 saturated heterocycles. The van der Waals surface area contributed by atoms with Crippen LogP contribution in [0.1, 0.15) is 75.1 Å². The lowest BCUT2D eigenvalue weighted by atomic mass is 9.78. The summed E-state index contributed by atoms with van der Waals surface area (Å²) in [5.41, 5.74) is 2.59. The number of aromatic nitrogens is 2. The van der Waals surface area contributed by atoms with E-state index in [4.69, 9.17) is 9.26 Å². The largest absolute Gasteiger partial charge is 0.377 e. The summed E-state index contributed by atoms with van der Waals surface area (Å²) in [5, 5.41) is 7.82. The van der Waals surface area contributed by atoms with Gasteiger partial charge in [0.25, 0.3) is 11.6 Å². The van der Waals surface area contributed by atoms with Gasteiger partial charge in [-0.1, -0.05) is 39.8 Å². The maximum Gasteiger partial charge on any atom is 0.259 e. The molecule has 0 aromatic carbocycles. The van der Waals surface area contributed by atoms with Crippen molar-refractivity contribution in [2.45, 2.75) is 66.4 Å². The number of aryl methyl sites for hydroxylation is 1. The molecule has 3 rings (SSSR count). The lowest BCUT2D eigenvalue weighted by Gasteiger charge is -2.40. The fourth-order valence-electron chi connectivity index (χ4n) is 3.92. The average molecular weight is 373 g/mol. The van der Waals surface area contributed by atoms with E-state index in [1.54, 1.807) is 0 Å². The van der Waals surface area contributed by atoms with Gasteiger partial charge in [0.2, 0.25) is 0 Å². The monoisotopic (exact) mass is 373 g/mol. The second-order valence-electron chi connectivity index (χ2n) is 8.97. The molecule has 0 spiro atoms. The molecule has 2 aromatic heterocycles. The molecule has 27 heavy (non-hydrogen) atoms. The lowest BCUT2D eigenvalue weighted by molar-refractivity contribution is -0.0839. The highest BCUT2D eigenvalue weighted by molar-refractivity contribution is 6.06. The number of hydrogen-bond acceptors (Lipinski definition) is 5. The number of hydrogen-bond donors (Lipinski definition) is 1. The van der Waals surface area contributed by atoms with E-state index in [1.165, 1.54) is 0 Å². The van der Waals surface area contributed by atoms with Crippen LogP contribution < -0.4 is 5.32 Å². The number of pyridine rings is 1. The summed E-state index contributed by atoms with van der Waals surface area (Å²) in [6.45, 7) is 13.9. The molecule has 1 N–H and O–H groups in total. The van der Waals surface area contributed by atoms with Crippen LogP contribution in [0.4, 0.5) is 0 Å². The molecule has 3 heterocycles. The number of amides is 1. The van der Waals surface area contributed by atoms with Gasteiger partial charge in [-0.25, -0.2) is 4.98 Å². The molecule has 0 aliphatic carbocycles. The Hall–Kier alpha value is -1.95. The summed E-state index contributed by atoms with van der Waals surface area (Å²) in [4.78, 5) is 17.5. The minimum absolute atomic E-state index is 0.0512. The summed E-state index contributed by atoms with van der Waals surface area (Å²) >= 11 is 0. The number of carbonyl (C=O) groups is 1. The fraction of sp³-hybridized carbons (Fsp3) is 0.667. The normalized spacial score (nSPS) is 21.0. The van der Waals surface area contributed by atoms with E-state index >= 15 is 0 Å². The van der Waals surface area contributed by atoms with Gasteiger partial charge in [0.05, 0.1) is 22.7 Å². The highest BCUT2D eigenvalue weighted by atomic mass is 16.5. The predicted molar refractivity (Wildman–Crippen MR) is 105 cm³/mol. The Bertz CT molecular complexity index is 820. The molecular weight excluding hydrogens is 342 g/mol. The zero-order valence-electron chi connectivity index (χ0n) is 17.3. The molecule has 1 aliphatic heterocycles. The number of carbonyl (C=O) groups excluding carboxylic acids is 1. The van der Waals surface area contributed by atoms with Crippen molar-refractivity contribution in [1.82, 2.24) is 15.5 Å². The van der Waals surface area contributed by atoms with Crippen LogP contribution in [0, 0.1) is 18.3 Å². The van der Waals surface area contributed by atoms with Crippen LogP contribution >= 0.6 is 0 Å². The summed E-state index contributed by atoms with van der Waals surface area (Å²) < 4.78 is 11.4. The zero-order valence-corrected chi connectivity index (χ0v) is 17.3. The van der Waals surface area contributed by atoms with Crippen LogP contribution in [0.5, 0.6) is 0 Å². The van der Waals surface area contributed by atoms with E-state index in [1.807, 2.05) is 26.8 Å². The van der Waals surface area contributed by atoms with Gasteiger partial charge < -0.3 is 14.6 Å². The van der Waals surface area contributed by atoms with E-state index in [0.717, 1.165) is 25.1 Å². The maximum absolute atomic E-state index is 13.0. The minimum Gasteiger partial charge on any atom is -0.377 e. The molecule has 1 aliphatic rings. The number of fused-ring (bicyclic) bond motifs is 1. The van der Waals surface area contributed by atoms with Gasteiger partial charge in [0.1, 0.15) is 0 Å². The van der Waals surface area contributed by atoms with Crippen molar-refractivity contribution in [1.29, 1.82) is 0 Å². The molecule has 0 bridgehead atoms. The lowest BCUT2D eigenvalue weighted by Crippen LogP contribution is -2.45. The van der Waals surface area contributed by atoms with Crippen molar-refractivity contribution in [3.8, 4) is 0 Å². The van der Waals surface area contributed by atoms with Crippen LogP contribution in [-0.4, -0.2) is 35.3 Å². The van der Waals surface area contributed by atoms with E-state index in [-0.39, 0.29) is 23.3 Å². The van der Waals surface area contributed by atoms with E-state index in [2.05, 4.69) is 36.2 Å². The fourth-order valence-corrected chi connectivity index (χ4v) is 3.92. The third-order valence-electron chi connectivity index (χ3n) is 5.30. The first-order valence-electron chi connectivity index (χ1n) is 9.85. The Morgan fingerprint density at radius 2 is 2.11 bits per heavy atom. The van der Waals surface area contributed by atoms with Crippen molar-refractivity contribution in [3.05, 3.63) is 23.0 Å². The molecule has 2 atom stereocenters. The van der Waals surface area contributed by atoms with Gasteiger partial charge in [0, 0.05) is 24.8 Å². The minimum atomic E-state index is -0.103. The van der Waals surface area contributed by atoms with Crippen LogP contribution in [0.2, 0.25) is 0 Å². The Morgan fingerprint density at radius 1 is 1.37 bits per heavy atom. The summed E-state index contributed by atoms with van der Waals surface area (Å²) in [6.07, 6.45) is 2.25. The van der Waals surface area contributed by atoms with Gasteiger partial charge in [-0.2, -0.15) is 0 Å². The van der Waals surface area contributed by atoms with Crippen molar-refractivity contribution in [2.75, 3.05) is 13.2 Å². The van der Waals surface area contributed by atoms with Gasteiger partial charge in [-0.3, -0.25) is 4.79 Å². The van der Waals surface area contributed by atoms with Crippen LogP contribution in [-0.2, 0) is 4.74 Å². The van der Waals surface area contributed by atoms with Crippen molar-refractivity contribution in [3.63, 3.8) is 0 Å². The molecule has 2 aromatic rings. The highest BCUT2D eigenvalue weighted by Crippen LogP contribution is 2.34. The Kier molecular flexibility index (Phi) is 5.56. The maximum atomic E-state index is 13.0. The molecule has 1 fully saturated rings. The van der Waals surface area contributed by atoms with Crippen molar-refractivity contribution >= 4 is 17.0 Å². The smallest absolute Gasteiger partial charge is 0.259 e. The Morgan fingerprint density at radius 3 is 2.78 bits per heavy atom. The van der Waals surface area contributed by atoms with Crippen LogP contribution in [0.25, 0.3) is 11.1 Å². The summed E-state index contributed by atoms with van der Waals surface area (Å²) in [7, 11) is 0. The first-order chi connectivity index (χ1) is 12.7. The number of rotatable bonds is 4. The topological polar surface area (TPSA) is 77.2 Å². The molecule has 6 nitrogen and oxygen atoms in total. The molecule has 6 heteroatoms. The first-order valence-corrected chi connectivity index (χ1v) is 9.85. The third-order valence-corrected chi connectivity index (χ3v) is 5.30. The summed E-state index contributed by atoms with van der Waals surface area (Å²) in [6, 6.07) is 1.87. The van der Waals surface area contributed by atoms with E-state index < -0.39 is 0 Å². The predicted octanol–water partition coefficient (Wildman–Crippen LogP) is 4.23. The van der Waals surface area contributed by atoms with Gasteiger partial charge in [-0.15, -0.1) is 0 Å². The average Bonchev–Trinajstić information content (AvgIpc) is 2.99. The molecule has 1 amide bonds. The van der Waals surface area contributed by atoms with Crippen molar-refractivity contribution in [2.24, 2.45) is 11.3 Å². The van der Waals surface area contributed by atoms with Crippen LogP contribution in [0.15, 0.2) is 10.6 Å². The number of nitrogens with one attached hydrogen (secondary N) is 1. The molecule has 0 saturated carbocycles. The number of nitrogens with zero attached hydrogens (tertiary/aromatic N) is 2. The third kappa shape index (κ3) is 4.15. The van der Waals surface area contributed by atoms with Crippen molar-refractivity contribution < 1.29 is 14.1 Å². The summed E-state index contributed by atoms with van der Waals surface area (Å²) in [5.74, 6) is 0.408. The molecular formula is C21H31N3O3.